The molecule has 0 fully saturated rings. The number of nitrogens with zero attached hydrogens (tertiary/aromatic N) is 1. The molecule has 8 nitrogen and oxygen atoms in total. The molecule has 1 heterocycles. The first-order valence-corrected chi connectivity index (χ1v) is 8.00. The summed E-state index contributed by atoms with van der Waals surface area (Å²) in [5.41, 5.74) is 0.395. The summed E-state index contributed by atoms with van der Waals surface area (Å²) in [6.45, 7) is 0.249. The van der Waals surface area contributed by atoms with Gasteiger partial charge in [0.2, 0.25) is 5.91 Å². The number of carboxylic acid groups (broad SMARTS) is 1. The molecule has 0 aliphatic carbocycles. The molecule has 1 amide bonds. The average Bonchev–Trinajstić information content (AvgIpc) is 2.58. The van der Waals surface area contributed by atoms with Gasteiger partial charge >= 0.3 is 5.97 Å². The molecule has 0 saturated carbocycles. The predicted octanol–water partition coefficient (Wildman–Crippen LogP) is 0.852. The van der Waals surface area contributed by atoms with Crippen LogP contribution >= 0.6 is 0 Å². The van der Waals surface area contributed by atoms with Crippen molar-refractivity contribution < 1.29 is 19.4 Å². The minimum atomic E-state index is -1.09. The number of nitrogens with one attached hydrogen (secondary N) is 2. The topological polar surface area (TPSA) is 121 Å². The Morgan fingerprint density at radius 1 is 1.36 bits per heavy atom. The van der Waals surface area contributed by atoms with Crippen LogP contribution in [-0.2, 0) is 20.7 Å². The number of H-pyrrole nitrogens is 1. The lowest BCUT2D eigenvalue weighted by atomic mass is 10.1. The number of fused-ring (bicyclic) bond motifs is 1. The molecule has 0 bridgehead atoms. The number of para-hydroxylation sites is 1. The number of aromatic nitrogens is 2. The zero-order valence-electron chi connectivity index (χ0n) is 13.9. The quantitative estimate of drug-likeness (QED) is 0.618. The highest BCUT2D eigenvalue weighted by Crippen LogP contribution is 2.07. The summed E-state index contributed by atoms with van der Waals surface area (Å²) in [5, 5.41) is 12.1. The number of aromatic amines is 1. The number of carbonyl (C=O) groups is 2. The van der Waals surface area contributed by atoms with Crippen LogP contribution in [0.25, 0.3) is 10.9 Å². The third-order valence-corrected chi connectivity index (χ3v) is 3.72. The highest BCUT2D eigenvalue weighted by Gasteiger charge is 2.19. The first-order chi connectivity index (χ1) is 12.0. The number of rotatable bonds is 9. The summed E-state index contributed by atoms with van der Waals surface area (Å²) in [5.74, 6) is -0.941. The Hall–Kier alpha value is -2.74. The maximum absolute atomic E-state index is 12.0. The molecule has 1 unspecified atom stereocenters. The molecule has 134 valence electrons. The van der Waals surface area contributed by atoms with Crippen LogP contribution in [0.2, 0.25) is 0 Å². The number of hydrogen-bond donors (Lipinski definition) is 3. The van der Waals surface area contributed by atoms with Crippen molar-refractivity contribution in [3.8, 4) is 0 Å². The number of aliphatic carboxylic acids is 1. The summed E-state index contributed by atoms with van der Waals surface area (Å²) in [6.07, 6.45) is 1.22. The number of carbonyl (C=O) groups excluding carboxylic acids is 1. The SMILES string of the molecule is COCCC(NC(=O)CCCc1nc2ccccc2c(=O)[nH]1)C(=O)O. The van der Waals surface area contributed by atoms with Crippen LogP contribution in [0, 0.1) is 0 Å². The molecule has 8 heteroatoms. The molecule has 1 atom stereocenters. The van der Waals surface area contributed by atoms with Crippen molar-refractivity contribution in [3.63, 3.8) is 0 Å². The van der Waals surface area contributed by atoms with Crippen LogP contribution in [0.5, 0.6) is 0 Å². The standard InChI is InChI=1S/C17H21N3O5/c1-25-10-9-13(17(23)24)19-15(21)8-4-7-14-18-12-6-3-2-5-11(12)16(22)20-14/h2-3,5-6,13H,4,7-10H2,1H3,(H,19,21)(H,23,24)(H,18,20,22). The molecule has 2 aromatic rings. The Kier molecular flexibility index (Phi) is 6.64. The molecule has 2 rings (SSSR count). The first kappa shape index (κ1) is 18.6. The van der Waals surface area contributed by atoms with E-state index in [0.29, 0.717) is 29.6 Å². The van der Waals surface area contributed by atoms with E-state index < -0.39 is 12.0 Å². The first-order valence-electron chi connectivity index (χ1n) is 8.00. The summed E-state index contributed by atoms with van der Waals surface area (Å²) in [4.78, 5) is 42.0. The molecule has 0 saturated heterocycles. The maximum Gasteiger partial charge on any atom is 0.326 e. The predicted molar refractivity (Wildman–Crippen MR) is 91.4 cm³/mol. The average molecular weight is 347 g/mol. The van der Waals surface area contributed by atoms with Gasteiger partial charge in [-0.15, -0.1) is 0 Å². The lowest BCUT2D eigenvalue weighted by molar-refractivity contribution is -0.142. The normalized spacial score (nSPS) is 12.0. The van der Waals surface area contributed by atoms with Gasteiger partial charge in [0.1, 0.15) is 11.9 Å². The Balaban J connectivity index is 1.88. The second-order valence-electron chi connectivity index (χ2n) is 5.62. The van der Waals surface area contributed by atoms with Crippen molar-refractivity contribution in [1.82, 2.24) is 15.3 Å². The molecule has 0 aliphatic heterocycles. The zero-order valence-corrected chi connectivity index (χ0v) is 13.9. The number of methoxy groups -OCH3 is 1. The van der Waals surface area contributed by atoms with E-state index in [9.17, 15) is 14.4 Å². The molecule has 1 aromatic heterocycles. The third kappa shape index (κ3) is 5.39. The summed E-state index contributed by atoms with van der Waals surface area (Å²) >= 11 is 0. The van der Waals surface area contributed by atoms with Gasteiger partial charge in [0.05, 0.1) is 10.9 Å². The van der Waals surface area contributed by atoms with Crippen LogP contribution in [0.1, 0.15) is 25.1 Å². The number of carboxylic acids is 1. The zero-order chi connectivity index (χ0) is 18.2. The highest BCUT2D eigenvalue weighted by atomic mass is 16.5. The molecule has 0 radical (unpaired) electrons. The minimum absolute atomic E-state index is 0.146. The van der Waals surface area contributed by atoms with Gasteiger partial charge in [0.25, 0.3) is 5.56 Å². The Bertz CT molecular complexity index is 802. The summed E-state index contributed by atoms with van der Waals surface area (Å²) < 4.78 is 4.83. The minimum Gasteiger partial charge on any atom is -0.480 e. The number of ether oxygens (including phenoxy) is 1. The maximum atomic E-state index is 12.0. The van der Waals surface area contributed by atoms with E-state index in [0.717, 1.165) is 0 Å². The van der Waals surface area contributed by atoms with Gasteiger partial charge < -0.3 is 20.1 Å². The Morgan fingerprint density at radius 2 is 2.12 bits per heavy atom. The van der Waals surface area contributed by atoms with Gasteiger partial charge in [0.15, 0.2) is 0 Å². The fourth-order valence-electron chi connectivity index (χ4n) is 2.43. The fraction of sp³-hybridized carbons (Fsp3) is 0.412. The fourth-order valence-corrected chi connectivity index (χ4v) is 2.43. The van der Waals surface area contributed by atoms with E-state index in [1.54, 1.807) is 24.3 Å². The van der Waals surface area contributed by atoms with E-state index >= 15 is 0 Å². The molecule has 0 spiro atoms. The van der Waals surface area contributed by atoms with E-state index in [1.807, 2.05) is 0 Å². The highest BCUT2D eigenvalue weighted by molar-refractivity contribution is 5.83. The Labute approximate surface area is 144 Å². The number of benzene rings is 1. The smallest absolute Gasteiger partial charge is 0.326 e. The van der Waals surface area contributed by atoms with E-state index in [4.69, 9.17) is 9.84 Å². The monoisotopic (exact) mass is 347 g/mol. The molecule has 0 aliphatic rings. The van der Waals surface area contributed by atoms with Crippen LogP contribution in [0.4, 0.5) is 0 Å². The van der Waals surface area contributed by atoms with Crippen molar-refractivity contribution in [2.75, 3.05) is 13.7 Å². The molecule has 1 aromatic carbocycles. The van der Waals surface area contributed by atoms with Gasteiger partial charge in [-0.1, -0.05) is 12.1 Å². The summed E-state index contributed by atoms with van der Waals surface area (Å²) in [6, 6.07) is 6.06. The van der Waals surface area contributed by atoms with Crippen LogP contribution in [0.15, 0.2) is 29.1 Å². The van der Waals surface area contributed by atoms with Crippen LogP contribution in [0.3, 0.4) is 0 Å². The lowest BCUT2D eigenvalue weighted by Gasteiger charge is -2.13. The van der Waals surface area contributed by atoms with Crippen LogP contribution < -0.4 is 10.9 Å². The van der Waals surface area contributed by atoms with Crippen molar-refractivity contribution in [1.29, 1.82) is 0 Å². The molecular weight excluding hydrogens is 326 g/mol. The van der Waals surface area contributed by atoms with Gasteiger partial charge in [-0.2, -0.15) is 0 Å². The van der Waals surface area contributed by atoms with E-state index in [1.165, 1.54) is 7.11 Å². The van der Waals surface area contributed by atoms with Gasteiger partial charge in [-0.3, -0.25) is 9.59 Å². The number of amides is 1. The van der Waals surface area contributed by atoms with Crippen molar-refractivity contribution in [2.24, 2.45) is 0 Å². The van der Waals surface area contributed by atoms with Crippen molar-refractivity contribution in [2.45, 2.75) is 31.7 Å². The molecule has 25 heavy (non-hydrogen) atoms. The second kappa shape index (κ2) is 8.93. The molecule has 3 N–H and O–H groups in total. The number of hydrogen-bond acceptors (Lipinski definition) is 5. The Morgan fingerprint density at radius 3 is 2.84 bits per heavy atom. The number of aryl methyl sites for hydroxylation is 1. The van der Waals surface area contributed by atoms with Gasteiger partial charge in [0, 0.05) is 33.0 Å². The lowest BCUT2D eigenvalue weighted by Crippen LogP contribution is -2.41. The van der Waals surface area contributed by atoms with Crippen LogP contribution in [-0.4, -0.2) is 46.7 Å². The largest absolute Gasteiger partial charge is 0.480 e. The van der Waals surface area contributed by atoms with E-state index in [2.05, 4.69) is 15.3 Å². The van der Waals surface area contributed by atoms with Crippen molar-refractivity contribution >= 4 is 22.8 Å². The van der Waals surface area contributed by atoms with Gasteiger partial charge in [-0.25, -0.2) is 9.78 Å². The van der Waals surface area contributed by atoms with Crippen molar-refractivity contribution in [3.05, 3.63) is 40.4 Å². The molecular formula is C17H21N3O5. The van der Waals surface area contributed by atoms with Gasteiger partial charge in [-0.05, 0) is 18.6 Å². The van der Waals surface area contributed by atoms with E-state index in [-0.39, 0.29) is 30.9 Å². The second-order valence-corrected chi connectivity index (χ2v) is 5.62. The third-order valence-electron chi connectivity index (χ3n) is 3.72. The summed E-state index contributed by atoms with van der Waals surface area (Å²) in [7, 11) is 1.47.